The first kappa shape index (κ1) is 10.9. The quantitative estimate of drug-likeness (QED) is 0.616. The van der Waals surface area contributed by atoms with Crippen LogP contribution in [0, 0.1) is 0 Å². The molecule has 0 amide bonds. The Morgan fingerprint density at radius 1 is 1.18 bits per heavy atom. The molecule has 0 spiro atoms. The molecule has 0 saturated carbocycles. The van der Waals surface area contributed by atoms with Gasteiger partial charge in [-0.25, -0.2) is 0 Å². The van der Waals surface area contributed by atoms with E-state index in [1.165, 1.54) is 0 Å². The van der Waals surface area contributed by atoms with Crippen molar-refractivity contribution in [1.29, 1.82) is 0 Å². The van der Waals surface area contributed by atoms with Gasteiger partial charge in [0.25, 0.3) is 0 Å². The van der Waals surface area contributed by atoms with Crippen LogP contribution < -0.4 is 5.32 Å². The summed E-state index contributed by atoms with van der Waals surface area (Å²) >= 11 is 0. The van der Waals surface area contributed by atoms with Crippen LogP contribution in [-0.2, 0) is 0 Å². The molecular formula is C9H21NO. The summed E-state index contributed by atoms with van der Waals surface area (Å²) in [5.41, 5.74) is 0. The summed E-state index contributed by atoms with van der Waals surface area (Å²) < 4.78 is 0. The minimum Gasteiger partial charge on any atom is -0.393 e. The van der Waals surface area contributed by atoms with E-state index in [4.69, 9.17) is 0 Å². The molecule has 0 aliphatic carbocycles. The molecule has 2 unspecified atom stereocenters. The fraction of sp³-hybridized carbons (Fsp3) is 1.00. The van der Waals surface area contributed by atoms with Crippen LogP contribution in [0.1, 0.15) is 40.0 Å². The zero-order chi connectivity index (χ0) is 8.69. The van der Waals surface area contributed by atoms with E-state index < -0.39 is 0 Å². The lowest BCUT2D eigenvalue weighted by atomic mass is 10.1. The summed E-state index contributed by atoms with van der Waals surface area (Å²) in [5, 5.41) is 12.7. The van der Waals surface area contributed by atoms with Crippen LogP contribution in [0.3, 0.4) is 0 Å². The third kappa shape index (κ3) is 5.22. The van der Waals surface area contributed by atoms with E-state index >= 15 is 0 Å². The monoisotopic (exact) mass is 159 g/mol. The van der Waals surface area contributed by atoms with Gasteiger partial charge in [-0.3, -0.25) is 0 Å². The van der Waals surface area contributed by atoms with Gasteiger partial charge in [0.2, 0.25) is 0 Å². The molecule has 68 valence electrons. The topological polar surface area (TPSA) is 32.3 Å². The fourth-order valence-corrected chi connectivity index (χ4v) is 1.18. The summed E-state index contributed by atoms with van der Waals surface area (Å²) in [5.74, 6) is 0. The largest absolute Gasteiger partial charge is 0.393 e. The molecule has 0 aromatic carbocycles. The van der Waals surface area contributed by atoms with Gasteiger partial charge in [-0.1, -0.05) is 20.8 Å². The van der Waals surface area contributed by atoms with Crippen molar-refractivity contribution in [3.63, 3.8) is 0 Å². The van der Waals surface area contributed by atoms with Gasteiger partial charge >= 0.3 is 0 Å². The van der Waals surface area contributed by atoms with Gasteiger partial charge in [0.15, 0.2) is 0 Å². The number of nitrogens with one attached hydrogen (secondary N) is 1. The molecule has 0 bridgehead atoms. The Hall–Kier alpha value is -0.0800. The van der Waals surface area contributed by atoms with Crippen LogP contribution in [0.2, 0.25) is 0 Å². The third-order valence-corrected chi connectivity index (χ3v) is 2.01. The lowest BCUT2D eigenvalue weighted by Gasteiger charge is -2.18. The van der Waals surface area contributed by atoms with Gasteiger partial charge in [0, 0.05) is 6.04 Å². The molecule has 0 aromatic rings. The van der Waals surface area contributed by atoms with E-state index in [0.717, 1.165) is 25.8 Å². The SMILES string of the molecule is CCNC(CC)CC(O)CC. The first-order valence-electron chi connectivity index (χ1n) is 4.65. The van der Waals surface area contributed by atoms with Crippen molar-refractivity contribution in [3.8, 4) is 0 Å². The van der Waals surface area contributed by atoms with Crippen molar-refractivity contribution in [1.82, 2.24) is 5.32 Å². The van der Waals surface area contributed by atoms with Gasteiger partial charge in [0.05, 0.1) is 6.10 Å². The smallest absolute Gasteiger partial charge is 0.0552 e. The maximum Gasteiger partial charge on any atom is 0.0552 e. The molecule has 2 N–H and O–H groups in total. The van der Waals surface area contributed by atoms with Crippen molar-refractivity contribution < 1.29 is 5.11 Å². The second-order valence-electron chi connectivity index (χ2n) is 2.96. The first-order valence-corrected chi connectivity index (χ1v) is 4.65. The maximum atomic E-state index is 9.35. The predicted molar refractivity (Wildman–Crippen MR) is 48.7 cm³/mol. The molecular weight excluding hydrogens is 138 g/mol. The van der Waals surface area contributed by atoms with E-state index in [2.05, 4.69) is 19.2 Å². The molecule has 0 heterocycles. The van der Waals surface area contributed by atoms with E-state index in [1.54, 1.807) is 0 Å². The van der Waals surface area contributed by atoms with Crippen LogP contribution in [0.5, 0.6) is 0 Å². The van der Waals surface area contributed by atoms with Gasteiger partial charge in [0.1, 0.15) is 0 Å². The molecule has 2 atom stereocenters. The molecule has 2 nitrogen and oxygen atoms in total. The average Bonchev–Trinajstić information content (AvgIpc) is 2.03. The predicted octanol–water partition coefficient (Wildman–Crippen LogP) is 1.54. The number of hydrogen-bond acceptors (Lipinski definition) is 2. The second kappa shape index (κ2) is 6.62. The van der Waals surface area contributed by atoms with Crippen molar-refractivity contribution >= 4 is 0 Å². The van der Waals surface area contributed by atoms with E-state index in [1.807, 2.05) is 6.92 Å². The lowest BCUT2D eigenvalue weighted by Crippen LogP contribution is -2.31. The van der Waals surface area contributed by atoms with Crippen LogP contribution in [0.4, 0.5) is 0 Å². The standard InChI is InChI=1S/C9H21NO/c1-4-8(10-6-3)7-9(11)5-2/h8-11H,4-7H2,1-3H3. The number of aliphatic hydroxyl groups excluding tert-OH is 1. The van der Waals surface area contributed by atoms with Gasteiger partial charge in [-0.05, 0) is 25.8 Å². The Labute approximate surface area is 70.0 Å². The molecule has 0 aliphatic heterocycles. The number of hydrogen-bond donors (Lipinski definition) is 2. The zero-order valence-corrected chi connectivity index (χ0v) is 7.93. The Morgan fingerprint density at radius 2 is 1.82 bits per heavy atom. The highest BCUT2D eigenvalue weighted by Crippen LogP contribution is 2.04. The maximum absolute atomic E-state index is 9.35. The minimum absolute atomic E-state index is 0.126. The summed E-state index contributed by atoms with van der Waals surface area (Å²) in [6.07, 6.45) is 2.73. The Balaban J connectivity index is 3.49. The van der Waals surface area contributed by atoms with Crippen LogP contribution in [0.15, 0.2) is 0 Å². The number of aliphatic hydroxyl groups is 1. The summed E-state index contributed by atoms with van der Waals surface area (Å²) in [6, 6.07) is 0.495. The minimum atomic E-state index is -0.126. The molecule has 0 saturated heterocycles. The second-order valence-corrected chi connectivity index (χ2v) is 2.96. The van der Waals surface area contributed by atoms with Crippen molar-refractivity contribution in [2.24, 2.45) is 0 Å². The van der Waals surface area contributed by atoms with Gasteiger partial charge < -0.3 is 10.4 Å². The molecule has 0 radical (unpaired) electrons. The molecule has 0 aromatic heterocycles. The molecule has 0 aliphatic rings. The van der Waals surface area contributed by atoms with Crippen molar-refractivity contribution in [2.45, 2.75) is 52.2 Å². The highest BCUT2D eigenvalue weighted by atomic mass is 16.3. The van der Waals surface area contributed by atoms with Crippen LogP contribution in [0.25, 0.3) is 0 Å². The molecule has 11 heavy (non-hydrogen) atoms. The lowest BCUT2D eigenvalue weighted by molar-refractivity contribution is 0.144. The summed E-state index contributed by atoms with van der Waals surface area (Å²) in [7, 11) is 0. The first-order chi connectivity index (χ1) is 5.24. The highest BCUT2D eigenvalue weighted by molar-refractivity contribution is 4.67. The Morgan fingerprint density at radius 3 is 2.18 bits per heavy atom. The Kier molecular flexibility index (Phi) is 6.57. The molecule has 0 fully saturated rings. The van der Waals surface area contributed by atoms with Crippen LogP contribution >= 0.6 is 0 Å². The van der Waals surface area contributed by atoms with Crippen molar-refractivity contribution in [2.75, 3.05) is 6.54 Å². The normalized spacial score (nSPS) is 16.4. The average molecular weight is 159 g/mol. The van der Waals surface area contributed by atoms with E-state index in [9.17, 15) is 5.11 Å². The van der Waals surface area contributed by atoms with Crippen LogP contribution in [-0.4, -0.2) is 23.8 Å². The summed E-state index contributed by atoms with van der Waals surface area (Å²) in [6.45, 7) is 7.26. The fourth-order valence-electron chi connectivity index (χ4n) is 1.18. The van der Waals surface area contributed by atoms with Gasteiger partial charge in [-0.2, -0.15) is 0 Å². The molecule has 2 heteroatoms. The summed E-state index contributed by atoms with van der Waals surface area (Å²) in [4.78, 5) is 0. The van der Waals surface area contributed by atoms with Gasteiger partial charge in [-0.15, -0.1) is 0 Å². The van der Waals surface area contributed by atoms with Crippen molar-refractivity contribution in [3.05, 3.63) is 0 Å². The highest BCUT2D eigenvalue weighted by Gasteiger charge is 2.09. The molecule has 0 rings (SSSR count). The zero-order valence-electron chi connectivity index (χ0n) is 7.93. The van der Waals surface area contributed by atoms with E-state index in [-0.39, 0.29) is 6.10 Å². The Bertz CT molecular complexity index is 85.6. The van der Waals surface area contributed by atoms with E-state index in [0.29, 0.717) is 6.04 Å². The number of rotatable bonds is 6. The third-order valence-electron chi connectivity index (χ3n) is 2.01.